The van der Waals surface area contributed by atoms with Gasteiger partial charge < -0.3 is 14.9 Å². The van der Waals surface area contributed by atoms with Gasteiger partial charge in [0.25, 0.3) is 0 Å². The molecule has 0 radical (unpaired) electrons. The van der Waals surface area contributed by atoms with E-state index in [2.05, 4.69) is 6.07 Å². The number of rotatable bonds is 1. The zero-order valence-corrected chi connectivity index (χ0v) is 12.6. The molecule has 3 aromatic rings. The number of hydrogen-bond donors (Lipinski definition) is 1. The molecule has 0 amide bonds. The summed E-state index contributed by atoms with van der Waals surface area (Å²) in [5.41, 5.74) is 7.21. The smallest absolute Gasteiger partial charge is 0.344 e. The van der Waals surface area contributed by atoms with Crippen molar-refractivity contribution in [3.8, 4) is 11.8 Å². The summed E-state index contributed by atoms with van der Waals surface area (Å²) in [6, 6.07) is 11.0. The minimum Gasteiger partial charge on any atom is -0.439 e. The molecule has 1 aliphatic heterocycles. The zero-order valence-electron chi connectivity index (χ0n) is 11.8. The van der Waals surface area contributed by atoms with Crippen LogP contribution in [0.1, 0.15) is 17.0 Å². The quantitative estimate of drug-likeness (QED) is 0.695. The first-order valence-corrected chi connectivity index (χ1v) is 7.80. The van der Waals surface area contributed by atoms with E-state index in [1.54, 1.807) is 18.2 Å². The third-order valence-corrected chi connectivity index (χ3v) is 4.55. The van der Waals surface area contributed by atoms with E-state index in [-0.39, 0.29) is 11.5 Å². The normalized spacial score (nSPS) is 16.7. The van der Waals surface area contributed by atoms with Crippen molar-refractivity contribution >= 4 is 22.3 Å². The minimum absolute atomic E-state index is 0.0203. The van der Waals surface area contributed by atoms with E-state index in [1.165, 1.54) is 11.3 Å². The van der Waals surface area contributed by atoms with Crippen molar-refractivity contribution in [2.24, 2.45) is 5.73 Å². The number of thiophene rings is 1. The Hall–Kier alpha value is -3.04. The maximum Gasteiger partial charge on any atom is 0.344 e. The summed E-state index contributed by atoms with van der Waals surface area (Å²) in [6.07, 6.45) is 0. The van der Waals surface area contributed by atoms with Gasteiger partial charge in [-0.25, -0.2) is 4.79 Å². The van der Waals surface area contributed by atoms with Gasteiger partial charge in [0.15, 0.2) is 5.75 Å². The van der Waals surface area contributed by atoms with Gasteiger partial charge in [0.05, 0.1) is 16.9 Å². The Bertz CT molecular complexity index is 1040. The van der Waals surface area contributed by atoms with Crippen LogP contribution >= 0.6 is 11.3 Å². The van der Waals surface area contributed by atoms with Crippen molar-refractivity contribution in [3.63, 3.8) is 0 Å². The van der Waals surface area contributed by atoms with Crippen LogP contribution in [0.4, 0.5) is 0 Å². The monoisotopic (exact) mass is 322 g/mol. The van der Waals surface area contributed by atoms with Gasteiger partial charge in [-0.2, -0.15) is 16.6 Å². The maximum absolute atomic E-state index is 12.5. The fraction of sp³-hybridized carbons (Fsp3) is 0.0588. The van der Waals surface area contributed by atoms with Crippen molar-refractivity contribution in [2.45, 2.75) is 5.92 Å². The van der Waals surface area contributed by atoms with E-state index in [9.17, 15) is 10.1 Å². The van der Waals surface area contributed by atoms with Crippen LogP contribution < -0.4 is 16.1 Å². The number of para-hydroxylation sites is 1. The molecule has 3 heterocycles. The predicted octanol–water partition coefficient (Wildman–Crippen LogP) is 3.07. The van der Waals surface area contributed by atoms with Crippen LogP contribution in [0.5, 0.6) is 5.75 Å². The molecule has 4 rings (SSSR count). The molecule has 1 unspecified atom stereocenters. The number of fused-ring (bicyclic) bond motifs is 3. The largest absolute Gasteiger partial charge is 0.439 e. The molecule has 0 fully saturated rings. The lowest BCUT2D eigenvalue weighted by molar-refractivity contribution is 0.388. The second-order valence-corrected chi connectivity index (χ2v) is 5.89. The highest BCUT2D eigenvalue weighted by atomic mass is 32.1. The average Bonchev–Trinajstić information content (AvgIpc) is 3.08. The Morgan fingerprint density at radius 1 is 1.26 bits per heavy atom. The van der Waals surface area contributed by atoms with Crippen molar-refractivity contribution in [1.82, 2.24) is 0 Å². The topological polar surface area (TPSA) is 89.3 Å². The number of ether oxygens (including phenoxy) is 1. The van der Waals surface area contributed by atoms with Crippen molar-refractivity contribution in [2.75, 3.05) is 0 Å². The van der Waals surface area contributed by atoms with Gasteiger partial charge in [-0.05, 0) is 34.5 Å². The Morgan fingerprint density at radius 3 is 2.83 bits per heavy atom. The molecule has 112 valence electrons. The van der Waals surface area contributed by atoms with Crippen molar-refractivity contribution in [1.29, 1.82) is 5.26 Å². The highest BCUT2D eigenvalue weighted by Crippen LogP contribution is 2.43. The predicted molar refractivity (Wildman–Crippen MR) is 86.1 cm³/mol. The summed E-state index contributed by atoms with van der Waals surface area (Å²) in [4.78, 5) is 12.5. The number of nitriles is 1. The first kappa shape index (κ1) is 13.6. The third-order valence-electron chi connectivity index (χ3n) is 3.85. The van der Waals surface area contributed by atoms with Crippen LogP contribution in [0.3, 0.4) is 0 Å². The number of nitrogens with two attached hydrogens (primary N) is 1. The fourth-order valence-electron chi connectivity index (χ4n) is 2.84. The lowest BCUT2D eigenvalue weighted by Gasteiger charge is -2.25. The zero-order chi connectivity index (χ0) is 16.0. The second-order valence-electron chi connectivity index (χ2n) is 5.11. The van der Waals surface area contributed by atoms with Crippen LogP contribution in [-0.4, -0.2) is 0 Å². The number of allylic oxidation sites excluding steroid dienone is 1. The lowest BCUT2D eigenvalue weighted by Crippen LogP contribution is -2.26. The van der Waals surface area contributed by atoms with Crippen LogP contribution in [0.15, 0.2) is 61.8 Å². The molecule has 23 heavy (non-hydrogen) atoms. The molecule has 1 atom stereocenters. The Labute approximate surface area is 134 Å². The van der Waals surface area contributed by atoms with Gasteiger partial charge >= 0.3 is 5.63 Å². The third kappa shape index (κ3) is 1.94. The van der Waals surface area contributed by atoms with Crippen LogP contribution in [0, 0.1) is 11.3 Å². The van der Waals surface area contributed by atoms with Crippen molar-refractivity contribution < 1.29 is 9.15 Å². The van der Waals surface area contributed by atoms with Crippen LogP contribution in [-0.2, 0) is 0 Å². The van der Waals surface area contributed by atoms with Crippen LogP contribution in [0.2, 0.25) is 0 Å². The van der Waals surface area contributed by atoms with E-state index in [1.807, 2.05) is 22.9 Å². The molecule has 2 N–H and O–H groups in total. The Morgan fingerprint density at radius 2 is 2.09 bits per heavy atom. The standard InChI is InChI=1S/C17H10N2O3S/c18-7-11-13(9-5-6-23-8-9)14-15(22-16(11)19)10-3-1-2-4-12(10)21-17(14)20/h1-6,8,13H,19H2. The molecular weight excluding hydrogens is 312 g/mol. The lowest BCUT2D eigenvalue weighted by atomic mass is 9.85. The highest BCUT2D eigenvalue weighted by molar-refractivity contribution is 7.08. The second kappa shape index (κ2) is 5.00. The first-order valence-electron chi connectivity index (χ1n) is 6.86. The summed E-state index contributed by atoms with van der Waals surface area (Å²) >= 11 is 1.48. The maximum atomic E-state index is 12.5. The molecular formula is C17H10N2O3S. The summed E-state index contributed by atoms with van der Waals surface area (Å²) in [7, 11) is 0. The molecule has 1 aromatic carbocycles. The van der Waals surface area contributed by atoms with Gasteiger partial charge in [-0.3, -0.25) is 0 Å². The summed E-state index contributed by atoms with van der Waals surface area (Å²) < 4.78 is 11.0. The molecule has 0 spiro atoms. The molecule has 6 heteroatoms. The van der Waals surface area contributed by atoms with E-state index >= 15 is 0 Å². The first-order chi connectivity index (χ1) is 11.2. The summed E-state index contributed by atoms with van der Waals surface area (Å²) in [6.45, 7) is 0. The van der Waals surface area contributed by atoms with Gasteiger partial charge in [-0.15, -0.1) is 0 Å². The summed E-state index contributed by atoms with van der Waals surface area (Å²) in [5, 5.41) is 13.9. The van der Waals surface area contributed by atoms with Gasteiger partial charge in [-0.1, -0.05) is 12.1 Å². The van der Waals surface area contributed by atoms with E-state index < -0.39 is 11.5 Å². The van der Waals surface area contributed by atoms with E-state index in [0.29, 0.717) is 22.3 Å². The van der Waals surface area contributed by atoms with E-state index in [4.69, 9.17) is 14.9 Å². The summed E-state index contributed by atoms with van der Waals surface area (Å²) in [5.74, 6) is -0.188. The van der Waals surface area contributed by atoms with Crippen molar-refractivity contribution in [3.05, 3.63) is 74.1 Å². The molecule has 2 aromatic heterocycles. The van der Waals surface area contributed by atoms with E-state index in [0.717, 1.165) is 5.56 Å². The molecule has 0 saturated heterocycles. The molecule has 5 nitrogen and oxygen atoms in total. The highest BCUT2D eigenvalue weighted by Gasteiger charge is 2.35. The molecule has 0 bridgehead atoms. The average molecular weight is 322 g/mol. The molecule has 0 saturated carbocycles. The minimum atomic E-state index is -0.573. The SMILES string of the molecule is N#CC1=C(N)Oc2c(c(=O)oc3ccccc23)C1c1ccsc1. The number of benzene rings is 1. The Balaban J connectivity index is 2.11. The van der Waals surface area contributed by atoms with Gasteiger partial charge in [0.2, 0.25) is 5.88 Å². The van der Waals surface area contributed by atoms with Gasteiger partial charge in [0, 0.05) is 0 Å². The Kier molecular flexibility index (Phi) is 2.96. The molecule has 1 aliphatic rings. The van der Waals surface area contributed by atoms with Gasteiger partial charge in [0.1, 0.15) is 17.2 Å². The fourth-order valence-corrected chi connectivity index (χ4v) is 3.52. The van der Waals surface area contributed by atoms with Crippen LogP contribution in [0.25, 0.3) is 11.0 Å². The molecule has 0 aliphatic carbocycles. The number of hydrogen-bond acceptors (Lipinski definition) is 6. The number of nitrogens with zero attached hydrogens (tertiary/aromatic N) is 1.